The summed E-state index contributed by atoms with van der Waals surface area (Å²) in [6.45, 7) is 0.700. The summed E-state index contributed by atoms with van der Waals surface area (Å²) in [5.41, 5.74) is 0. The highest BCUT2D eigenvalue weighted by molar-refractivity contribution is 9.10. The molecule has 1 saturated heterocycles. The van der Waals surface area contributed by atoms with E-state index in [9.17, 15) is 13.2 Å². The molecule has 1 N–H and O–H groups in total. The maximum Gasteiger partial charge on any atom is 0.391 e. The lowest BCUT2D eigenvalue weighted by Gasteiger charge is -2.34. The van der Waals surface area contributed by atoms with Gasteiger partial charge >= 0.3 is 6.18 Å². The van der Waals surface area contributed by atoms with E-state index in [0.717, 1.165) is 0 Å². The lowest BCUT2D eigenvalue weighted by molar-refractivity contribution is -0.179. The minimum atomic E-state index is -4.09. The van der Waals surface area contributed by atoms with Crippen LogP contribution in [0.25, 0.3) is 0 Å². The van der Waals surface area contributed by atoms with Gasteiger partial charge in [-0.1, -0.05) is 0 Å². The van der Waals surface area contributed by atoms with Crippen LogP contribution in [0.2, 0.25) is 0 Å². The summed E-state index contributed by atoms with van der Waals surface area (Å²) in [4.78, 5) is 10.2. The van der Waals surface area contributed by atoms with E-state index in [4.69, 9.17) is 0 Å². The van der Waals surface area contributed by atoms with Crippen molar-refractivity contribution in [2.24, 2.45) is 5.92 Å². The van der Waals surface area contributed by atoms with Crippen molar-refractivity contribution in [3.63, 3.8) is 0 Å². The van der Waals surface area contributed by atoms with Crippen molar-refractivity contribution in [3.8, 4) is 0 Å². The Kier molecular flexibility index (Phi) is 4.17. The zero-order chi connectivity index (χ0) is 14.0. The molecule has 4 nitrogen and oxygen atoms in total. The van der Waals surface area contributed by atoms with Gasteiger partial charge in [-0.15, -0.1) is 0 Å². The van der Waals surface area contributed by atoms with Crippen LogP contribution in [-0.2, 0) is 0 Å². The van der Waals surface area contributed by atoms with Crippen molar-refractivity contribution >= 4 is 27.7 Å². The molecule has 19 heavy (non-hydrogen) atoms. The Morgan fingerprint density at radius 3 is 2.53 bits per heavy atom. The molecule has 8 heteroatoms. The third-order valence-electron chi connectivity index (χ3n) is 3.21. The maximum absolute atomic E-state index is 12.6. The molecule has 1 aromatic rings. The Morgan fingerprint density at radius 1 is 1.37 bits per heavy atom. The van der Waals surface area contributed by atoms with Crippen LogP contribution < -0.4 is 10.2 Å². The summed E-state index contributed by atoms with van der Waals surface area (Å²) >= 11 is 3.33. The van der Waals surface area contributed by atoms with Crippen molar-refractivity contribution in [2.75, 3.05) is 30.4 Å². The van der Waals surface area contributed by atoms with Crippen LogP contribution in [0.5, 0.6) is 0 Å². The van der Waals surface area contributed by atoms with E-state index < -0.39 is 12.1 Å². The largest absolute Gasteiger partial charge is 0.391 e. The third-order valence-corrected chi connectivity index (χ3v) is 3.77. The molecule has 2 rings (SSSR count). The average Bonchev–Trinajstić information content (AvgIpc) is 2.38. The SMILES string of the molecule is CNc1ncc(Br)c(N2CCC(C(F)(F)F)CC2)n1. The molecule has 1 fully saturated rings. The minimum absolute atomic E-state index is 0.106. The topological polar surface area (TPSA) is 41.1 Å². The first-order chi connectivity index (χ1) is 8.91. The fourth-order valence-electron chi connectivity index (χ4n) is 2.12. The Bertz CT molecular complexity index is 444. The van der Waals surface area contributed by atoms with Gasteiger partial charge in [0.25, 0.3) is 0 Å². The van der Waals surface area contributed by atoms with Crippen molar-refractivity contribution < 1.29 is 13.2 Å². The second-order valence-electron chi connectivity index (χ2n) is 4.42. The van der Waals surface area contributed by atoms with Crippen LogP contribution in [0.3, 0.4) is 0 Å². The zero-order valence-corrected chi connectivity index (χ0v) is 11.9. The Labute approximate surface area is 117 Å². The van der Waals surface area contributed by atoms with Gasteiger partial charge in [0.1, 0.15) is 5.82 Å². The number of anilines is 2. The number of halogens is 4. The summed E-state index contributed by atoms with van der Waals surface area (Å²) in [5.74, 6) is -0.107. The molecular weight excluding hydrogens is 325 g/mol. The smallest absolute Gasteiger partial charge is 0.357 e. The van der Waals surface area contributed by atoms with Gasteiger partial charge < -0.3 is 10.2 Å². The summed E-state index contributed by atoms with van der Waals surface area (Å²) in [7, 11) is 1.70. The molecule has 0 radical (unpaired) electrons. The predicted molar refractivity (Wildman–Crippen MR) is 70.3 cm³/mol. The second kappa shape index (κ2) is 5.52. The van der Waals surface area contributed by atoms with Crippen LogP contribution in [0.1, 0.15) is 12.8 Å². The highest BCUT2D eigenvalue weighted by atomic mass is 79.9. The lowest BCUT2D eigenvalue weighted by atomic mass is 9.96. The second-order valence-corrected chi connectivity index (χ2v) is 5.27. The molecule has 0 aliphatic carbocycles. The normalized spacial score (nSPS) is 17.6. The number of aromatic nitrogens is 2. The van der Waals surface area contributed by atoms with Gasteiger partial charge in [-0.25, -0.2) is 4.98 Å². The first-order valence-electron chi connectivity index (χ1n) is 5.93. The van der Waals surface area contributed by atoms with Gasteiger partial charge in [-0.3, -0.25) is 0 Å². The van der Waals surface area contributed by atoms with Gasteiger partial charge in [-0.2, -0.15) is 18.2 Å². The van der Waals surface area contributed by atoms with Crippen molar-refractivity contribution in [1.29, 1.82) is 0 Å². The minimum Gasteiger partial charge on any atom is -0.357 e. The van der Waals surface area contributed by atoms with E-state index in [0.29, 0.717) is 29.3 Å². The summed E-state index contributed by atoms with van der Waals surface area (Å²) in [6.07, 6.45) is -2.28. The fraction of sp³-hybridized carbons (Fsp3) is 0.636. The number of hydrogen-bond acceptors (Lipinski definition) is 4. The summed E-state index contributed by atoms with van der Waals surface area (Å²) in [6, 6.07) is 0. The molecule has 0 atom stereocenters. The molecule has 106 valence electrons. The van der Waals surface area contributed by atoms with E-state index in [1.807, 2.05) is 4.90 Å². The predicted octanol–water partition coefficient (Wildman–Crippen LogP) is 3.06. The number of rotatable bonds is 2. The average molecular weight is 339 g/mol. The Hall–Kier alpha value is -1.05. The van der Waals surface area contributed by atoms with Gasteiger partial charge in [0.15, 0.2) is 0 Å². The molecule has 0 amide bonds. The van der Waals surface area contributed by atoms with Crippen LogP contribution in [-0.4, -0.2) is 36.3 Å². The monoisotopic (exact) mass is 338 g/mol. The van der Waals surface area contributed by atoms with E-state index in [1.165, 1.54) is 0 Å². The standard InChI is InChI=1S/C11H14BrF3N4/c1-16-10-17-6-8(12)9(18-10)19-4-2-7(3-5-19)11(13,14)15/h6-7H,2-5H2,1H3,(H,16,17,18). The van der Waals surface area contributed by atoms with Crippen LogP contribution >= 0.6 is 15.9 Å². The highest BCUT2D eigenvalue weighted by Gasteiger charge is 2.41. The van der Waals surface area contributed by atoms with Gasteiger partial charge in [0.2, 0.25) is 5.95 Å². The van der Waals surface area contributed by atoms with Crippen molar-refractivity contribution in [2.45, 2.75) is 19.0 Å². The zero-order valence-electron chi connectivity index (χ0n) is 10.3. The van der Waals surface area contributed by atoms with E-state index >= 15 is 0 Å². The van der Waals surface area contributed by atoms with E-state index in [2.05, 4.69) is 31.2 Å². The van der Waals surface area contributed by atoms with Crippen molar-refractivity contribution in [3.05, 3.63) is 10.7 Å². The summed E-state index contributed by atoms with van der Waals surface area (Å²) < 4.78 is 38.5. The summed E-state index contributed by atoms with van der Waals surface area (Å²) in [5, 5.41) is 2.82. The molecule has 1 aliphatic rings. The third kappa shape index (κ3) is 3.29. The molecule has 1 aliphatic heterocycles. The molecule has 1 aromatic heterocycles. The Morgan fingerprint density at radius 2 is 2.00 bits per heavy atom. The molecule has 0 unspecified atom stereocenters. The van der Waals surface area contributed by atoms with Gasteiger partial charge in [0.05, 0.1) is 10.4 Å². The van der Waals surface area contributed by atoms with E-state index in [-0.39, 0.29) is 12.8 Å². The molecule has 2 heterocycles. The number of alkyl halides is 3. The van der Waals surface area contributed by atoms with Gasteiger partial charge in [0, 0.05) is 26.3 Å². The molecule has 0 spiro atoms. The van der Waals surface area contributed by atoms with Crippen LogP contribution in [0.15, 0.2) is 10.7 Å². The molecule has 0 aromatic carbocycles. The molecule has 0 saturated carbocycles. The number of hydrogen-bond donors (Lipinski definition) is 1. The quantitative estimate of drug-likeness (QED) is 0.899. The highest BCUT2D eigenvalue weighted by Crippen LogP contribution is 2.36. The van der Waals surface area contributed by atoms with Crippen LogP contribution in [0.4, 0.5) is 24.9 Å². The van der Waals surface area contributed by atoms with Gasteiger partial charge in [-0.05, 0) is 28.8 Å². The number of nitrogens with zero attached hydrogens (tertiary/aromatic N) is 3. The number of piperidine rings is 1. The van der Waals surface area contributed by atoms with Crippen molar-refractivity contribution in [1.82, 2.24) is 9.97 Å². The number of nitrogens with one attached hydrogen (secondary N) is 1. The molecular formula is C11H14BrF3N4. The Balaban J connectivity index is 2.09. The molecule has 0 bridgehead atoms. The first-order valence-corrected chi connectivity index (χ1v) is 6.73. The first kappa shape index (κ1) is 14.4. The van der Waals surface area contributed by atoms with E-state index in [1.54, 1.807) is 13.2 Å². The fourth-order valence-corrected chi connectivity index (χ4v) is 2.56. The van der Waals surface area contributed by atoms with Crippen LogP contribution in [0, 0.1) is 5.92 Å². The lowest BCUT2D eigenvalue weighted by Crippen LogP contribution is -2.39. The maximum atomic E-state index is 12.6.